The van der Waals surface area contributed by atoms with Crippen LogP contribution in [0.25, 0.3) is 0 Å². The van der Waals surface area contributed by atoms with Gasteiger partial charge in [0.25, 0.3) is 11.6 Å². The summed E-state index contributed by atoms with van der Waals surface area (Å²) >= 11 is 0. The van der Waals surface area contributed by atoms with E-state index in [2.05, 4.69) is 10.3 Å². The van der Waals surface area contributed by atoms with E-state index in [1.165, 1.54) is 24.4 Å². The van der Waals surface area contributed by atoms with Gasteiger partial charge in [-0.15, -0.1) is 0 Å². The van der Waals surface area contributed by atoms with Crippen LogP contribution in [0, 0.1) is 17.0 Å². The van der Waals surface area contributed by atoms with Crippen LogP contribution in [0.3, 0.4) is 0 Å². The molecule has 0 atom stereocenters. The number of nitrogens with zero attached hydrogens (tertiary/aromatic N) is 2. The molecular formula is C13H12N4O3. The Morgan fingerprint density at radius 1 is 1.35 bits per heavy atom. The maximum absolute atomic E-state index is 12.0. The molecule has 1 aromatic carbocycles. The van der Waals surface area contributed by atoms with Crippen molar-refractivity contribution in [1.82, 2.24) is 4.98 Å². The molecule has 7 heteroatoms. The Morgan fingerprint density at radius 3 is 2.70 bits per heavy atom. The van der Waals surface area contributed by atoms with E-state index >= 15 is 0 Å². The number of nitrogens with two attached hydrogens (primary N) is 1. The van der Waals surface area contributed by atoms with Gasteiger partial charge in [-0.25, -0.2) is 4.98 Å². The third-order valence-corrected chi connectivity index (χ3v) is 2.77. The van der Waals surface area contributed by atoms with Crippen LogP contribution in [-0.4, -0.2) is 15.8 Å². The average Bonchev–Trinajstić information content (AvgIpc) is 2.41. The molecule has 0 bridgehead atoms. The molecule has 0 unspecified atom stereocenters. The van der Waals surface area contributed by atoms with Crippen LogP contribution in [-0.2, 0) is 0 Å². The fourth-order valence-corrected chi connectivity index (χ4v) is 1.68. The monoisotopic (exact) mass is 272 g/mol. The van der Waals surface area contributed by atoms with E-state index in [1.807, 2.05) is 0 Å². The molecule has 0 aliphatic carbocycles. The molecule has 1 aromatic heterocycles. The zero-order valence-electron chi connectivity index (χ0n) is 10.7. The van der Waals surface area contributed by atoms with Crippen LogP contribution >= 0.6 is 0 Å². The topological polar surface area (TPSA) is 111 Å². The molecule has 102 valence electrons. The van der Waals surface area contributed by atoms with Crippen molar-refractivity contribution in [3.8, 4) is 0 Å². The van der Waals surface area contributed by atoms with Gasteiger partial charge >= 0.3 is 0 Å². The molecule has 20 heavy (non-hydrogen) atoms. The summed E-state index contributed by atoms with van der Waals surface area (Å²) in [5, 5.41) is 13.4. The van der Waals surface area contributed by atoms with Crippen LogP contribution < -0.4 is 11.1 Å². The summed E-state index contributed by atoms with van der Waals surface area (Å²) in [5.41, 5.74) is 6.84. The number of nitrogen functional groups attached to an aromatic ring is 1. The van der Waals surface area contributed by atoms with Gasteiger partial charge in [0.2, 0.25) is 0 Å². The standard InChI is InChI=1S/C13H12N4O3/c1-8-10(3-2-4-12(8)17(19)20)16-13(18)11-6-5-9(14)7-15-11/h2-7H,14H2,1H3,(H,16,18). The molecule has 0 radical (unpaired) electrons. The largest absolute Gasteiger partial charge is 0.397 e. The number of carbonyl (C=O) groups excluding carboxylic acids is 1. The Kier molecular flexibility index (Phi) is 3.60. The molecule has 7 nitrogen and oxygen atoms in total. The number of rotatable bonds is 3. The van der Waals surface area contributed by atoms with Gasteiger partial charge in [0.05, 0.1) is 28.1 Å². The van der Waals surface area contributed by atoms with E-state index in [9.17, 15) is 14.9 Å². The SMILES string of the molecule is Cc1c(NC(=O)c2ccc(N)cn2)cccc1[N+](=O)[O-]. The predicted molar refractivity (Wildman–Crippen MR) is 74.4 cm³/mol. The van der Waals surface area contributed by atoms with E-state index in [1.54, 1.807) is 19.1 Å². The summed E-state index contributed by atoms with van der Waals surface area (Å²) in [4.78, 5) is 26.2. The average molecular weight is 272 g/mol. The minimum absolute atomic E-state index is 0.0481. The molecule has 0 spiro atoms. The number of amides is 1. The van der Waals surface area contributed by atoms with Crippen molar-refractivity contribution in [2.24, 2.45) is 0 Å². The smallest absolute Gasteiger partial charge is 0.274 e. The maximum atomic E-state index is 12.0. The van der Waals surface area contributed by atoms with Gasteiger partial charge in [0.1, 0.15) is 5.69 Å². The lowest BCUT2D eigenvalue weighted by Crippen LogP contribution is -2.14. The lowest BCUT2D eigenvalue weighted by molar-refractivity contribution is -0.385. The van der Waals surface area contributed by atoms with Gasteiger partial charge in [-0.2, -0.15) is 0 Å². The first-order chi connectivity index (χ1) is 9.49. The number of aromatic nitrogens is 1. The Bertz CT molecular complexity index is 668. The van der Waals surface area contributed by atoms with Gasteiger partial charge < -0.3 is 11.1 Å². The summed E-state index contributed by atoms with van der Waals surface area (Å²) in [6.45, 7) is 1.57. The van der Waals surface area contributed by atoms with Crippen molar-refractivity contribution in [3.05, 3.63) is 57.9 Å². The van der Waals surface area contributed by atoms with Gasteiger partial charge in [0, 0.05) is 6.07 Å². The number of hydrogen-bond acceptors (Lipinski definition) is 5. The molecule has 0 fully saturated rings. The summed E-state index contributed by atoms with van der Waals surface area (Å²) in [6, 6.07) is 7.53. The Balaban J connectivity index is 2.26. The van der Waals surface area contributed by atoms with Gasteiger partial charge in [-0.05, 0) is 25.1 Å². The summed E-state index contributed by atoms with van der Waals surface area (Å²) in [5.74, 6) is -0.450. The molecular weight excluding hydrogens is 260 g/mol. The van der Waals surface area contributed by atoms with Crippen molar-refractivity contribution in [1.29, 1.82) is 0 Å². The first-order valence-electron chi connectivity index (χ1n) is 5.76. The third-order valence-electron chi connectivity index (χ3n) is 2.77. The second-order valence-corrected chi connectivity index (χ2v) is 4.14. The maximum Gasteiger partial charge on any atom is 0.274 e. The molecule has 0 saturated heterocycles. The number of hydrogen-bond donors (Lipinski definition) is 2. The predicted octanol–water partition coefficient (Wildman–Crippen LogP) is 2.13. The molecule has 2 rings (SSSR count). The lowest BCUT2D eigenvalue weighted by Gasteiger charge is -2.08. The molecule has 1 heterocycles. The molecule has 0 saturated carbocycles. The molecule has 1 amide bonds. The Hall–Kier alpha value is -2.96. The summed E-state index contributed by atoms with van der Waals surface area (Å²) < 4.78 is 0. The van der Waals surface area contributed by atoms with Gasteiger partial charge in [-0.3, -0.25) is 14.9 Å². The summed E-state index contributed by atoms with van der Waals surface area (Å²) in [6.07, 6.45) is 1.37. The first kappa shape index (κ1) is 13.5. The molecule has 3 N–H and O–H groups in total. The van der Waals surface area contributed by atoms with Crippen LogP contribution in [0.4, 0.5) is 17.1 Å². The minimum Gasteiger partial charge on any atom is -0.397 e. The highest BCUT2D eigenvalue weighted by Crippen LogP contribution is 2.25. The van der Waals surface area contributed by atoms with Gasteiger partial charge in [-0.1, -0.05) is 6.07 Å². The van der Waals surface area contributed by atoms with Crippen molar-refractivity contribution < 1.29 is 9.72 Å². The quantitative estimate of drug-likeness (QED) is 0.656. The van der Waals surface area contributed by atoms with Crippen LogP contribution in [0.15, 0.2) is 36.5 Å². The Morgan fingerprint density at radius 2 is 2.10 bits per heavy atom. The highest BCUT2D eigenvalue weighted by Gasteiger charge is 2.15. The highest BCUT2D eigenvalue weighted by molar-refractivity contribution is 6.03. The number of benzene rings is 1. The van der Waals surface area contributed by atoms with E-state index < -0.39 is 10.8 Å². The second-order valence-electron chi connectivity index (χ2n) is 4.14. The normalized spacial score (nSPS) is 10.1. The first-order valence-corrected chi connectivity index (χ1v) is 5.76. The van der Waals surface area contributed by atoms with Crippen LogP contribution in [0.1, 0.15) is 16.1 Å². The third kappa shape index (κ3) is 2.72. The fraction of sp³-hybridized carbons (Fsp3) is 0.0769. The number of nitrogens with one attached hydrogen (secondary N) is 1. The van der Waals surface area contributed by atoms with Crippen LogP contribution in [0.2, 0.25) is 0 Å². The zero-order valence-corrected chi connectivity index (χ0v) is 10.7. The molecule has 0 aliphatic heterocycles. The number of nitro groups is 1. The summed E-state index contributed by atoms with van der Waals surface area (Å²) in [7, 11) is 0. The van der Waals surface area contributed by atoms with Gasteiger partial charge in [0.15, 0.2) is 0 Å². The lowest BCUT2D eigenvalue weighted by atomic mass is 10.1. The van der Waals surface area contributed by atoms with Crippen molar-refractivity contribution in [3.63, 3.8) is 0 Å². The number of anilines is 2. The van der Waals surface area contributed by atoms with E-state index in [4.69, 9.17) is 5.73 Å². The number of pyridine rings is 1. The molecule has 2 aromatic rings. The highest BCUT2D eigenvalue weighted by atomic mass is 16.6. The van der Waals surface area contributed by atoms with Crippen molar-refractivity contribution >= 4 is 23.0 Å². The van der Waals surface area contributed by atoms with Crippen LogP contribution in [0.5, 0.6) is 0 Å². The second kappa shape index (κ2) is 5.35. The van der Waals surface area contributed by atoms with E-state index in [0.717, 1.165) is 0 Å². The van der Waals surface area contributed by atoms with E-state index in [0.29, 0.717) is 16.9 Å². The Labute approximate surface area is 114 Å². The number of nitro benzene ring substituents is 1. The minimum atomic E-state index is -0.494. The van der Waals surface area contributed by atoms with Crippen molar-refractivity contribution in [2.45, 2.75) is 6.92 Å². The number of carbonyl (C=O) groups is 1. The van der Waals surface area contributed by atoms with Crippen molar-refractivity contribution in [2.75, 3.05) is 11.1 Å². The fourth-order valence-electron chi connectivity index (χ4n) is 1.68. The van der Waals surface area contributed by atoms with E-state index in [-0.39, 0.29) is 11.4 Å². The zero-order chi connectivity index (χ0) is 14.7. The molecule has 0 aliphatic rings.